The van der Waals surface area contributed by atoms with Gasteiger partial charge in [-0.25, -0.2) is 4.79 Å². The molecule has 0 bridgehead atoms. The van der Waals surface area contributed by atoms with Crippen LogP contribution in [0, 0.1) is 0 Å². The molecule has 0 heterocycles. The zero-order valence-corrected chi connectivity index (χ0v) is 10.8. The van der Waals surface area contributed by atoms with Crippen molar-refractivity contribution in [3.8, 4) is 0 Å². The lowest BCUT2D eigenvalue weighted by Gasteiger charge is -2.23. The highest BCUT2D eigenvalue weighted by Gasteiger charge is 2.56. The van der Waals surface area contributed by atoms with Crippen molar-refractivity contribution < 1.29 is 31.5 Å². The number of hydrogen-bond acceptors (Lipinski definition) is 2. The van der Waals surface area contributed by atoms with E-state index >= 15 is 0 Å². The summed E-state index contributed by atoms with van der Waals surface area (Å²) in [4.78, 5) is 11.2. The van der Waals surface area contributed by atoms with Crippen LogP contribution >= 0.6 is 0 Å². The summed E-state index contributed by atoms with van der Waals surface area (Å²) in [5.41, 5.74) is 0.0729. The van der Waals surface area contributed by atoms with Gasteiger partial charge < -0.3 is 4.74 Å². The van der Waals surface area contributed by atoms with Crippen molar-refractivity contribution in [2.45, 2.75) is 57.7 Å². The monoisotopic (exact) mass is 288 g/mol. The van der Waals surface area contributed by atoms with Gasteiger partial charge in [-0.15, -0.1) is 0 Å². The van der Waals surface area contributed by atoms with Gasteiger partial charge >= 0.3 is 18.1 Å². The first-order valence-corrected chi connectivity index (χ1v) is 5.82. The minimum atomic E-state index is -5.58. The van der Waals surface area contributed by atoms with Gasteiger partial charge in [0.05, 0.1) is 0 Å². The normalized spacial score (nSPS) is 14.1. The van der Waals surface area contributed by atoms with Crippen molar-refractivity contribution >= 4 is 5.97 Å². The summed E-state index contributed by atoms with van der Waals surface area (Å²) in [5, 5.41) is 0. The van der Waals surface area contributed by atoms with Gasteiger partial charge in [-0.05, 0) is 19.8 Å². The molecule has 0 aliphatic rings. The van der Waals surface area contributed by atoms with E-state index in [-0.39, 0.29) is 12.0 Å². The molecule has 0 fully saturated rings. The summed E-state index contributed by atoms with van der Waals surface area (Å²) < 4.78 is 66.3. The van der Waals surface area contributed by atoms with Crippen LogP contribution in [0.5, 0.6) is 0 Å². The Balaban J connectivity index is 4.52. The van der Waals surface area contributed by atoms with E-state index in [4.69, 9.17) is 4.74 Å². The SMILES string of the molecule is C=C(C)C(=O)OC(CCC)CCC(F)(F)C(F)(F)F. The highest BCUT2D eigenvalue weighted by atomic mass is 19.4. The Kier molecular flexibility index (Phi) is 6.45. The van der Waals surface area contributed by atoms with Gasteiger partial charge in [-0.2, -0.15) is 22.0 Å². The van der Waals surface area contributed by atoms with Crippen molar-refractivity contribution in [3.05, 3.63) is 12.2 Å². The molecule has 0 rings (SSSR count). The molecule has 0 spiro atoms. The van der Waals surface area contributed by atoms with E-state index in [1.165, 1.54) is 6.92 Å². The zero-order chi connectivity index (χ0) is 15.3. The average Bonchev–Trinajstić information content (AvgIpc) is 2.24. The molecule has 0 aromatic heterocycles. The molecule has 0 saturated carbocycles. The van der Waals surface area contributed by atoms with Crippen LogP contribution in [-0.4, -0.2) is 24.2 Å². The third kappa shape index (κ3) is 6.02. The molecule has 0 aliphatic heterocycles. The fraction of sp³-hybridized carbons (Fsp3) is 0.750. The molecule has 112 valence electrons. The number of alkyl halides is 5. The Bertz CT molecular complexity index is 323. The Hall–Kier alpha value is -1.14. The number of esters is 1. The van der Waals surface area contributed by atoms with Crippen LogP contribution in [0.1, 0.15) is 39.5 Å². The number of hydrogen-bond donors (Lipinski definition) is 0. The maximum atomic E-state index is 12.7. The van der Waals surface area contributed by atoms with Crippen LogP contribution in [0.25, 0.3) is 0 Å². The summed E-state index contributed by atoms with van der Waals surface area (Å²) in [6.45, 7) is 6.40. The number of carbonyl (C=O) groups excluding carboxylic acids is 1. The predicted molar refractivity (Wildman–Crippen MR) is 59.8 cm³/mol. The van der Waals surface area contributed by atoms with Crippen molar-refractivity contribution in [2.75, 3.05) is 0 Å². The minimum absolute atomic E-state index is 0.0729. The molecule has 0 amide bonds. The number of halogens is 5. The van der Waals surface area contributed by atoms with Gasteiger partial charge in [0.15, 0.2) is 0 Å². The van der Waals surface area contributed by atoms with Crippen LogP contribution < -0.4 is 0 Å². The van der Waals surface area contributed by atoms with Crippen molar-refractivity contribution in [3.63, 3.8) is 0 Å². The Morgan fingerprint density at radius 1 is 1.21 bits per heavy atom. The lowest BCUT2D eigenvalue weighted by atomic mass is 10.1. The quantitative estimate of drug-likeness (QED) is 0.397. The molecule has 0 N–H and O–H groups in total. The molecular weight excluding hydrogens is 271 g/mol. The molecule has 0 aliphatic carbocycles. The van der Waals surface area contributed by atoms with E-state index in [0.29, 0.717) is 6.42 Å². The van der Waals surface area contributed by atoms with Crippen LogP contribution in [0.15, 0.2) is 12.2 Å². The Morgan fingerprint density at radius 3 is 2.11 bits per heavy atom. The van der Waals surface area contributed by atoms with Gasteiger partial charge in [0, 0.05) is 12.0 Å². The average molecular weight is 288 g/mol. The maximum absolute atomic E-state index is 12.7. The lowest BCUT2D eigenvalue weighted by Crippen LogP contribution is -2.37. The van der Waals surface area contributed by atoms with Crippen molar-refractivity contribution in [1.29, 1.82) is 0 Å². The molecule has 19 heavy (non-hydrogen) atoms. The van der Waals surface area contributed by atoms with Gasteiger partial charge in [-0.1, -0.05) is 19.9 Å². The van der Waals surface area contributed by atoms with Gasteiger partial charge in [0.1, 0.15) is 6.10 Å². The molecule has 1 unspecified atom stereocenters. The van der Waals surface area contributed by atoms with E-state index in [1.807, 2.05) is 0 Å². The van der Waals surface area contributed by atoms with Crippen LogP contribution in [0.2, 0.25) is 0 Å². The van der Waals surface area contributed by atoms with Crippen LogP contribution in [0.3, 0.4) is 0 Å². The zero-order valence-electron chi connectivity index (χ0n) is 10.8. The Labute approximate surface area is 108 Å². The van der Waals surface area contributed by atoms with E-state index in [1.54, 1.807) is 6.92 Å². The summed E-state index contributed by atoms with van der Waals surface area (Å²) in [6, 6.07) is 0. The highest BCUT2D eigenvalue weighted by Crippen LogP contribution is 2.39. The fourth-order valence-electron chi connectivity index (χ4n) is 1.32. The van der Waals surface area contributed by atoms with E-state index < -0.39 is 37.0 Å². The summed E-state index contributed by atoms with van der Waals surface area (Å²) in [7, 11) is 0. The van der Waals surface area contributed by atoms with Gasteiger partial charge in [0.25, 0.3) is 0 Å². The number of carbonyl (C=O) groups is 1. The topological polar surface area (TPSA) is 26.3 Å². The molecule has 0 aromatic carbocycles. The molecule has 1 atom stereocenters. The lowest BCUT2D eigenvalue weighted by molar-refractivity contribution is -0.285. The second-order valence-corrected chi connectivity index (χ2v) is 4.34. The summed E-state index contributed by atoms with van der Waals surface area (Å²) in [5.74, 6) is -5.55. The molecule has 0 saturated heterocycles. The third-order valence-corrected chi connectivity index (χ3v) is 2.43. The second kappa shape index (κ2) is 6.86. The number of ether oxygens (including phenoxy) is 1. The fourth-order valence-corrected chi connectivity index (χ4v) is 1.32. The van der Waals surface area contributed by atoms with Crippen molar-refractivity contribution in [2.24, 2.45) is 0 Å². The number of rotatable bonds is 7. The van der Waals surface area contributed by atoms with Gasteiger partial charge in [0.2, 0.25) is 0 Å². The molecule has 7 heteroatoms. The Morgan fingerprint density at radius 2 is 1.74 bits per heavy atom. The van der Waals surface area contributed by atoms with Crippen LogP contribution in [-0.2, 0) is 9.53 Å². The van der Waals surface area contributed by atoms with Crippen molar-refractivity contribution in [1.82, 2.24) is 0 Å². The molecule has 0 radical (unpaired) electrons. The molecule has 2 nitrogen and oxygen atoms in total. The standard InChI is InChI=1S/C12H17F5O2/c1-4-5-9(19-10(18)8(2)3)6-7-11(13,14)12(15,16)17/h9H,2,4-7H2,1,3H3. The predicted octanol–water partition coefficient (Wildman–Crippen LogP) is 4.25. The van der Waals surface area contributed by atoms with E-state index in [0.717, 1.165) is 0 Å². The van der Waals surface area contributed by atoms with E-state index in [2.05, 4.69) is 6.58 Å². The molecule has 0 aromatic rings. The smallest absolute Gasteiger partial charge is 0.453 e. The van der Waals surface area contributed by atoms with Gasteiger partial charge in [-0.3, -0.25) is 0 Å². The minimum Gasteiger partial charge on any atom is -0.459 e. The first kappa shape index (κ1) is 17.9. The maximum Gasteiger partial charge on any atom is 0.453 e. The first-order chi connectivity index (χ1) is 8.51. The summed E-state index contributed by atoms with van der Waals surface area (Å²) >= 11 is 0. The third-order valence-electron chi connectivity index (χ3n) is 2.43. The van der Waals surface area contributed by atoms with Crippen LogP contribution in [0.4, 0.5) is 22.0 Å². The second-order valence-electron chi connectivity index (χ2n) is 4.34. The summed E-state index contributed by atoms with van der Waals surface area (Å²) in [6.07, 6.45) is -7.74. The largest absolute Gasteiger partial charge is 0.459 e. The highest BCUT2D eigenvalue weighted by molar-refractivity contribution is 5.87. The first-order valence-electron chi connectivity index (χ1n) is 5.82. The van der Waals surface area contributed by atoms with E-state index in [9.17, 15) is 26.7 Å². The molecular formula is C12H17F5O2.